The highest BCUT2D eigenvalue weighted by Gasteiger charge is 2.46. The van der Waals surface area contributed by atoms with Crippen molar-refractivity contribution < 1.29 is 61.3 Å². The monoisotopic (exact) mass is 956 g/mol. The third-order valence-corrected chi connectivity index (χ3v) is 15.1. The number of nitrogens with one attached hydrogen (secondary N) is 1. The van der Waals surface area contributed by atoms with Crippen LogP contribution in [-0.2, 0) is 56.1 Å². The maximum Gasteiger partial charge on any atom is 0.295 e. The van der Waals surface area contributed by atoms with Crippen LogP contribution in [0.15, 0.2) is 116 Å². The fourth-order valence-corrected chi connectivity index (χ4v) is 11.5. The zero-order chi connectivity index (χ0) is 47.4. The summed E-state index contributed by atoms with van der Waals surface area (Å²) in [5.74, 6) is 4.93. The van der Waals surface area contributed by atoms with Crippen LogP contribution in [0.25, 0.3) is 21.5 Å². The Kier molecular flexibility index (Phi) is 13.1. The predicted molar refractivity (Wildman–Crippen MR) is 240 cm³/mol. The van der Waals surface area contributed by atoms with Crippen LogP contribution in [0, 0.1) is 0 Å². The molecule has 4 aromatic carbocycles. The molecule has 1 amide bonds. The van der Waals surface area contributed by atoms with E-state index in [1.807, 2.05) is 56.2 Å². The van der Waals surface area contributed by atoms with Gasteiger partial charge in [-0.25, -0.2) is 14.3 Å². The summed E-state index contributed by atoms with van der Waals surface area (Å²) in [6.07, 6.45) is 14.7. The number of likely N-dealkylation sites (N-methyl/N-ethyl adjacent to an activating group) is 1. The molecule has 6 rings (SSSR count). The lowest BCUT2D eigenvalue weighted by Crippen LogP contribution is -2.29. The first-order chi connectivity index (χ1) is 29.6. The number of carbonyl (C=O) groups excluding carboxylic acids is 1. The topological polar surface area (TPSA) is 282 Å². The Labute approximate surface area is 372 Å². The van der Waals surface area contributed by atoms with Gasteiger partial charge in [-0.1, -0.05) is 50.3 Å². The van der Waals surface area contributed by atoms with Gasteiger partial charge >= 0.3 is 0 Å². The molecule has 21 heteroatoms. The molecule has 0 radical (unpaired) electrons. The van der Waals surface area contributed by atoms with Crippen LogP contribution in [-0.4, -0.2) is 81.2 Å². The van der Waals surface area contributed by atoms with Gasteiger partial charge < -0.3 is 9.45 Å². The normalized spacial score (nSPS) is 17.2. The molecule has 0 aliphatic carbocycles. The van der Waals surface area contributed by atoms with Crippen molar-refractivity contribution in [2.24, 2.45) is 5.84 Å². The van der Waals surface area contributed by atoms with Crippen LogP contribution >= 0.6 is 0 Å². The standard InChI is InChI=1S/C43H48N4O13S4/c1-6-46-33-20-18-29-31(23-27(61(49,50)51)25-35(29)63(55,56)57)40(33)42(2,3)37(46)15-11-8-7-9-12-16-38-43(4,5)41-32-24-28(62(52,53)54)26-36(64(58,59)60)30(32)19-21-34(41)47(38)22-14-10-13-17-39(48)45-44/h7-9,11-12,15-16,18-21,23-26H,6,10,13-14,17,22,44H2,1-5H3,(H4-,45,48,49,50,51,52,53,54,55,56,57,58,59,60). The number of nitrogens with two attached hydrogens (primary N) is 1. The molecule has 0 bridgehead atoms. The van der Waals surface area contributed by atoms with E-state index in [0.29, 0.717) is 67.0 Å². The summed E-state index contributed by atoms with van der Waals surface area (Å²) in [5.41, 5.74) is 4.37. The van der Waals surface area contributed by atoms with Gasteiger partial charge in [-0.15, -0.1) is 0 Å². The van der Waals surface area contributed by atoms with Crippen molar-refractivity contribution in [3.8, 4) is 0 Å². The number of fused-ring (bicyclic) bond motifs is 6. The number of unbranched alkanes of at least 4 members (excludes halogenated alkanes) is 2. The number of anilines is 1. The first kappa shape index (κ1) is 48.4. The molecule has 0 saturated carbocycles. The van der Waals surface area contributed by atoms with E-state index in [0.717, 1.165) is 11.4 Å². The molecular formula is C43H48N4O13S4. The molecule has 0 aromatic heterocycles. The summed E-state index contributed by atoms with van der Waals surface area (Å²) < 4.78 is 143. The van der Waals surface area contributed by atoms with Crippen molar-refractivity contribution in [2.75, 3.05) is 18.0 Å². The van der Waals surface area contributed by atoms with Crippen LogP contribution in [0.4, 0.5) is 11.4 Å². The number of hydrogen-bond acceptors (Lipinski definition) is 12. The quantitative estimate of drug-likeness (QED) is 0.0176. The highest BCUT2D eigenvalue weighted by molar-refractivity contribution is 7.87. The molecule has 64 heavy (non-hydrogen) atoms. The van der Waals surface area contributed by atoms with E-state index < -0.39 is 70.9 Å². The number of benzene rings is 4. The van der Waals surface area contributed by atoms with Gasteiger partial charge in [0.2, 0.25) is 11.6 Å². The third-order valence-electron chi connectivity index (χ3n) is 11.7. The SMILES string of the molecule is CCN1\C(=C/C=C/C=C/C=C/C2=[N+](CCCCCC(=O)NN)c3ccc4c(S(=O)(=O)O)cc(S(=O)(=O)O)cc4c3C2(C)C)C(C)(C)c2c1ccc1c(S(=O)(=O)[O-])cc(S(=O)(=O)O)cc21. The molecule has 0 unspecified atom stereocenters. The Bertz CT molecular complexity index is 3240. The lowest BCUT2D eigenvalue weighted by molar-refractivity contribution is -0.438. The Morgan fingerprint density at radius 2 is 1.28 bits per heavy atom. The molecule has 2 aliphatic rings. The summed E-state index contributed by atoms with van der Waals surface area (Å²) in [7, 11) is -19.9. The number of carbonyl (C=O) groups is 1. The van der Waals surface area contributed by atoms with E-state index in [2.05, 4.69) is 5.43 Å². The molecule has 0 saturated heterocycles. The molecule has 0 atom stereocenters. The van der Waals surface area contributed by atoms with Crippen LogP contribution < -0.4 is 16.2 Å². The molecule has 2 heterocycles. The highest BCUT2D eigenvalue weighted by Crippen LogP contribution is 2.52. The van der Waals surface area contributed by atoms with Crippen LogP contribution in [0.3, 0.4) is 0 Å². The molecule has 2 aliphatic heterocycles. The summed E-state index contributed by atoms with van der Waals surface area (Å²) in [4.78, 5) is 10.8. The number of allylic oxidation sites excluding steroid dienone is 8. The largest absolute Gasteiger partial charge is 0.744 e. The zero-order valence-electron chi connectivity index (χ0n) is 35.4. The second kappa shape index (κ2) is 17.4. The van der Waals surface area contributed by atoms with Crippen molar-refractivity contribution in [1.29, 1.82) is 0 Å². The fourth-order valence-electron chi connectivity index (χ4n) is 8.87. The van der Waals surface area contributed by atoms with E-state index >= 15 is 0 Å². The van der Waals surface area contributed by atoms with Crippen molar-refractivity contribution >= 4 is 85.0 Å². The Morgan fingerprint density at radius 3 is 1.86 bits per heavy atom. The first-order valence-electron chi connectivity index (χ1n) is 19.9. The lowest BCUT2D eigenvalue weighted by atomic mass is 9.79. The maximum absolute atomic E-state index is 12.5. The summed E-state index contributed by atoms with van der Waals surface area (Å²) in [6, 6.07) is 10.0. The van der Waals surface area contributed by atoms with Crippen molar-refractivity contribution in [3.05, 3.63) is 108 Å². The van der Waals surface area contributed by atoms with Crippen LogP contribution in [0.2, 0.25) is 0 Å². The number of nitrogens with zero attached hydrogens (tertiary/aromatic N) is 2. The van der Waals surface area contributed by atoms with Gasteiger partial charge in [0.25, 0.3) is 30.4 Å². The lowest BCUT2D eigenvalue weighted by Gasteiger charge is -2.26. The Hall–Kier alpha value is -5.10. The average Bonchev–Trinajstić information content (AvgIpc) is 3.55. The van der Waals surface area contributed by atoms with Gasteiger partial charge in [0, 0.05) is 59.3 Å². The summed E-state index contributed by atoms with van der Waals surface area (Å²) >= 11 is 0. The average molecular weight is 957 g/mol. The zero-order valence-corrected chi connectivity index (χ0v) is 38.7. The third kappa shape index (κ3) is 9.22. The van der Waals surface area contributed by atoms with Gasteiger partial charge in [0.1, 0.15) is 21.6 Å². The number of rotatable bonds is 15. The second-order valence-corrected chi connectivity index (χ2v) is 22.0. The summed E-state index contributed by atoms with van der Waals surface area (Å²) in [5, 5.41) is 0.476. The van der Waals surface area contributed by atoms with Gasteiger partial charge in [-0.05, 0) is 97.8 Å². The van der Waals surface area contributed by atoms with Gasteiger partial charge in [-0.3, -0.25) is 23.9 Å². The first-order valence-corrected chi connectivity index (χ1v) is 25.6. The molecule has 17 nitrogen and oxygen atoms in total. The van der Waals surface area contributed by atoms with Crippen molar-refractivity contribution in [2.45, 2.75) is 90.7 Å². The number of amides is 1. The molecule has 4 aromatic rings. The van der Waals surface area contributed by atoms with E-state index in [1.54, 1.807) is 42.5 Å². The van der Waals surface area contributed by atoms with Gasteiger partial charge in [-0.2, -0.15) is 29.8 Å². The molecule has 0 spiro atoms. The second-order valence-electron chi connectivity index (χ2n) is 16.4. The fraction of sp³-hybridized carbons (Fsp3) is 0.302. The van der Waals surface area contributed by atoms with Gasteiger partial charge in [0.05, 0.1) is 20.1 Å². The Balaban J connectivity index is 1.36. The molecule has 342 valence electrons. The predicted octanol–water partition coefficient (Wildman–Crippen LogP) is 5.93. The van der Waals surface area contributed by atoms with Crippen LogP contribution in [0.1, 0.15) is 71.4 Å². The summed E-state index contributed by atoms with van der Waals surface area (Å²) in [6.45, 7) is 10.4. The minimum Gasteiger partial charge on any atom is -0.744 e. The van der Waals surface area contributed by atoms with Gasteiger partial charge in [0.15, 0.2) is 5.71 Å². The molecule has 6 N–H and O–H groups in total. The maximum atomic E-state index is 12.5. The van der Waals surface area contributed by atoms with E-state index in [4.69, 9.17) is 5.84 Å². The number of hydrogen-bond donors (Lipinski definition) is 5. The minimum absolute atomic E-state index is 0.0252. The van der Waals surface area contributed by atoms with E-state index in [-0.39, 0.29) is 33.9 Å². The molecular weight excluding hydrogens is 909 g/mol. The smallest absolute Gasteiger partial charge is 0.295 e. The van der Waals surface area contributed by atoms with Crippen molar-refractivity contribution in [1.82, 2.24) is 5.43 Å². The van der Waals surface area contributed by atoms with E-state index in [9.17, 15) is 56.7 Å². The molecule has 0 fully saturated rings. The highest BCUT2D eigenvalue weighted by atomic mass is 32.2. The number of hydrazine groups is 1. The Morgan fingerprint density at radius 1 is 0.719 bits per heavy atom. The minimum atomic E-state index is -5.14. The van der Waals surface area contributed by atoms with Crippen molar-refractivity contribution in [3.63, 3.8) is 0 Å². The van der Waals surface area contributed by atoms with E-state index in [1.165, 1.54) is 24.3 Å². The van der Waals surface area contributed by atoms with Crippen LogP contribution in [0.5, 0.6) is 0 Å².